The maximum absolute atomic E-state index is 13.5. The molecule has 2 atom stereocenters. The maximum Gasteiger partial charge on any atom is 0.243 e. The summed E-state index contributed by atoms with van der Waals surface area (Å²) >= 11 is 0. The molecule has 3 rings (SSSR count). The summed E-state index contributed by atoms with van der Waals surface area (Å²) in [7, 11) is -3.78. The molecule has 0 radical (unpaired) electrons. The van der Waals surface area contributed by atoms with Crippen molar-refractivity contribution in [2.75, 3.05) is 0 Å². The number of hydroxylamine groups is 1. The molecule has 6 nitrogen and oxygen atoms in total. The number of amidine groups is 1. The van der Waals surface area contributed by atoms with E-state index in [0.29, 0.717) is 19.3 Å². The third-order valence-corrected chi connectivity index (χ3v) is 7.13. The van der Waals surface area contributed by atoms with Crippen LogP contribution in [0.15, 0.2) is 53.4 Å². The minimum absolute atomic E-state index is 0.0575. The number of rotatable bonds is 6. The van der Waals surface area contributed by atoms with Crippen LogP contribution in [0.5, 0.6) is 0 Å². The van der Waals surface area contributed by atoms with Gasteiger partial charge >= 0.3 is 0 Å². The fourth-order valence-electron chi connectivity index (χ4n) is 3.69. The summed E-state index contributed by atoms with van der Waals surface area (Å²) in [4.78, 5) is 0.215. The molecule has 0 aliphatic carbocycles. The van der Waals surface area contributed by atoms with Crippen molar-refractivity contribution in [3.63, 3.8) is 0 Å². The summed E-state index contributed by atoms with van der Waals surface area (Å²) in [6.45, 7) is 1.89. The Kier molecular flexibility index (Phi) is 6.12. The van der Waals surface area contributed by atoms with E-state index in [1.54, 1.807) is 41.9 Å². The molecule has 0 bridgehead atoms. The Hall–Kier alpha value is -2.29. The summed E-state index contributed by atoms with van der Waals surface area (Å²) < 4.78 is 41.8. The molecule has 1 aliphatic heterocycles. The van der Waals surface area contributed by atoms with Gasteiger partial charge in [-0.1, -0.05) is 29.8 Å². The number of nitrogens with one attached hydrogen (secondary N) is 2. The molecule has 2 aromatic carbocycles. The first-order chi connectivity index (χ1) is 13.3. The van der Waals surface area contributed by atoms with Crippen LogP contribution in [0.3, 0.4) is 0 Å². The van der Waals surface area contributed by atoms with Gasteiger partial charge in [0.1, 0.15) is 11.7 Å². The van der Waals surface area contributed by atoms with Gasteiger partial charge in [0.25, 0.3) is 0 Å². The van der Waals surface area contributed by atoms with Crippen molar-refractivity contribution in [3.8, 4) is 0 Å². The van der Waals surface area contributed by atoms with Gasteiger partial charge in [0.15, 0.2) is 0 Å². The van der Waals surface area contributed by atoms with E-state index >= 15 is 0 Å². The van der Waals surface area contributed by atoms with Gasteiger partial charge in [-0.3, -0.25) is 16.1 Å². The van der Waals surface area contributed by atoms with E-state index in [-0.39, 0.29) is 29.0 Å². The highest BCUT2D eigenvalue weighted by molar-refractivity contribution is 7.89. The Labute approximate surface area is 164 Å². The number of aryl methyl sites for hydroxylation is 1. The van der Waals surface area contributed by atoms with E-state index in [0.717, 1.165) is 11.1 Å². The van der Waals surface area contributed by atoms with Gasteiger partial charge in [-0.25, -0.2) is 12.8 Å². The second kappa shape index (κ2) is 8.38. The van der Waals surface area contributed by atoms with Crippen molar-refractivity contribution in [2.45, 2.75) is 49.6 Å². The molecule has 0 amide bonds. The molecule has 1 saturated heterocycles. The zero-order valence-corrected chi connectivity index (χ0v) is 16.4. The maximum atomic E-state index is 13.5. The van der Waals surface area contributed by atoms with Gasteiger partial charge < -0.3 is 0 Å². The Balaban J connectivity index is 1.97. The second-order valence-corrected chi connectivity index (χ2v) is 8.92. The van der Waals surface area contributed by atoms with Crippen molar-refractivity contribution < 1.29 is 18.0 Å². The standard InChI is InChI=1S/C20H24FN3O3S/c1-14-2-10-18(11-3-14)28(26,27)24-17(9-13-20(22)23-25)8-12-19(24)15-4-6-16(21)7-5-15/h2-7,10-11,17,19,25H,8-9,12-13H2,1H3,(H2,22,23). The summed E-state index contributed by atoms with van der Waals surface area (Å²) in [6, 6.07) is 11.9. The first kappa shape index (κ1) is 20.4. The number of hydrogen-bond acceptors (Lipinski definition) is 4. The van der Waals surface area contributed by atoms with E-state index in [1.165, 1.54) is 16.4 Å². The molecule has 0 spiro atoms. The minimum atomic E-state index is -3.78. The molecule has 1 heterocycles. The molecule has 150 valence electrons. The monoisotopic (exact) mass is 405 g/mol. The lowest BCUT2D eigenvalue weighted by Gasteiger charge is -2.30. The third-order valence-electron chi connectivity index (χ3n) is 5.15. The van der Waals surface area contributed by atoms with Crippen LogP contribution in [0, 0.1) is 18.2 Å². The van der Waals surface area contributed by atoms with E-state index < -0.39 is 16.1 Å². The van der Waals surface area contributed by atoms with Crippen molar-refractivity contribution >= 4 is 15.9 Å². The average molecular weight is 405 g/mol. The van der Waals surface area contributed by atoms with E-state index in [4.69, 9.17) is 10.6 Å². The second-order valence-electron chi connectivity index (χ2n) is 7.08. The van der Waals surface area contributed by atoms with Gasteiger partial charge in [0.05, 0.1) is 10.9 Å². The lowest BCUT2D eigenvalue weighted by Crippen LogP contribution is -2.38. The summed E-state index contributed by atoms with van der Waals surface area (Å²) in [5, 5.41) is 16.4. The largest absolute Gasteiger partial charge is 0.290 e. The van der Waals surface area contributed by atoms with Crippen molar-refractivity contribution in [1.29, 1.82) is 5.41 Å². The molecular formula is C20H24FN3O3S. The normalized spacial score (nSPS) is 20.2. The number of nitrogens with zero attached hydrogens (tertiary/aromatic N) is 1. The first-order valence-electron chi connectivity index (χ1n) is 9.16. The molecule has 1 aliphatic rings. The fraction of sp³-hybridized carbons (Fsp3) is 0.350. The predicted molar refractivity (Wildman–Crippen MR) is 104 cm³/mol. The lowest BCUT2D eigenvalue weighted by molar-refractivity contribution is 0.228. The summed E-state index contributed by atoms with van der Waals surface area (Å²) in [5.41, 5.74) is 3.52. The van der Waals surface area contributed by atoms with Gasteiger partial charge in [-0.15, -0.1) is 0 Å². The topological polar surface area (TPSA) is 93.5 Å². The van der Waals surface area contributed by atoms with Crippen molar-refractivity contribution in [1.82, 2.24) is 9.79 Å². The molecule has 28 heavy (non-hydrogen) atoms. The van der Waals surface area contributed by atoms with Crippen LogP contribution >= 0.6 is 0 Å². The lowest BCUT2D eigenvalue weighted by atomic mass is 10.0. The van der Waals surface area contributed by atoms with Crippen LogP contribution in [0.25, 0.3) is 0 Å². The summed E-state index contributed by atoms with van der Waals surface area (Å²) in [6.07, 6.45) is 1.89. The molecule has 0 saturated carbocycles. The fourth-order valence-corrected chi connectivity index (χ4v) is 5.58. The van der Waals surface area contributed by atoms with Gasteiger partial charge in [-0.05, 0) is 56.0 Å². The number of sulfonamides is 1. The molecule has 1 fully saturated rings. The van der Waals surface area contributed by atoms with E-state index in [2.05, 4.69) is 0 Å². The Morgan fingerprint density at radius 3 is 2.43 bits per heavy atom. The van der Waals surface area contributed by atoms with Crippen LogP contribution in [0.2, 0.25) is 0 Å². The molecule has 8 heteroatoms. The predicted octanol–water partition coefficient (Wildman–Crippen LogP) is 3.76. The number of hydrogen-bond donors (Lipinski definition) is 3. The van der Waals surface area contributed by atoms with Gasteiger partial charge in [0.2, 0.25) is 10.0 Å². The van der Waals surface area contributed by atoms with Crippen molar-refractivity contribution in [2.24, 2.45) is 0 Å². The molecule has 2 unspecified atom stereocenters. The Morgan fingerprint density at radius 2 is 1.82 bits per heavy atom. The average Bonchev–Trinajstić information content (AvgIpc) is 3.12. The van der Waals surface area contributed by atoms with Crippen LogP contribution in [0.4, 0.5) is 4.39 Å². The number of benzene rings is 2. The Morgan fingerprint density at radius 1 is 1.18 bits per heavy atom. The smallest absolute Gasteiger partial charge is 0.243 e. The van der Waals surface area contributed by atoms with Gasteiger partial charge in [0, 0.05) is 12.5 Å². The van der Waals surface area contributed by atoms with Crippen LogP contribution in [0.1, 0.15) is 42.9 Å². The van der Waals surface area contributed by atoms with Crippen LogP contribution in [-0.2, 0) is 10.0 Å². The minimum Gasteiger partial charge on any atom is -0.290 e. The van der Waals surface area contributed by atoms with Crippen LogP contribution < -0.4 is 5.48 Å². The number of halogens is 1. The Bertz CT molecular complexity index is 930. The molecule has 3 N–H and O–H groups in total. The zero-order chi connectivity index (χ0) is 20.3. The molecule has 2 aromatic rings. The summed E-state index contributed by atoms with van der Waals surface area (Å²) in [5.74, 6) is -0.424. The van der Waals surface area contributed by atoms with E-state index in [9.17, 15) is 12.8 Å². The molecular weight excluding hydrogens is 381 g/mol. The zero-order valence-electron chi connectivity index (χ0n) is 15.6. The highest BCUT2D eigenvalue weighted by Crippen LogP contribution is 2.42. The van der Waals surface area contributed by atoms with Gasteiger partial charge in [-0.2, -0.15) is 4.31 Å². The highest BCUT2D eigenvalue weighted by atomic mass is 32.2. The highest BCUT2D eigenvalue weighted by Gasteiger charge is 2.42. The first-order valence-corrected chi connectivity index (χ1v) is 10.6. The van der Waals surface area contributed by atoms with E-state index in [1.807, 2.05) is 6.92 Å². The van der Waals surface area contributed by atoms with Crippen LogP contribution in [-0.4, -0.2) is 29.8 Å². The SMILES string of the molecule is Cc1ccc(S(=O)(=O)N2C(CCC(=N)NO)CCC2c2ccc(F)cc2)cc1. The third kappa shape index (κ3) is 4.24. The molecule has 0 aromatic heterocycles. The quantitative estimate of drug-likeness (QED) is 0.387. The van der Waals surface area contributed by atoms with Crippen molar-refractivity contribution in [3.05, 3.63) is 65.5 Å².